The van der Waals surface area contributed by atoms with Crippen LogP contribution in [0.5, 0.6) is 0 Å². The molecule has 2 rings (SSSR count). The van der Waals surface area contributed by atoms with Gasteiger partial charge < -0.3 is 14.6 Å². The van der Waals surface area contributed by atoms with Gasteiger partial charge in [-0.15, -0.1) is 0 Å². The third kappa shape index (κ3) is 2.40. The predicted molar refractivity (Wildman–Crippen MR) is 56.0 cm³/mol. The average Bonchev–Trinajstić information content (AvgIpc) is 2.83. The van der Waals surface area contributed by atoms with Crippen LogP contribution < -0.4 is 10.6 Å². The highest BCUT2D eigenvalue weighted by atomic mass is 16.3. The number of carbonyl (C=O) groups is 2. The van der Waals surface area contributed by atoms with Gasteiger partial charge in [-0.2, -0.15) is 0 Å². The van der Waals surface area contributed by atoms with Crippen molar-refractivity contribution < 1.29 is 14.0 Å². The number of nitrogens with zero attached hydrogens (tertiary/aromatic N) is 1. The van der Waals surface area contributed by atoms with Crippen molar-refractivity contribution in [3.05, 3.63) is 24.2 Å². The van der Waals surface area contributed by atoms with Crippen LogP contribution in [-0.2, 0) is 0 Å². The number of amides is 3. The van der Waals surface area contributed by atoms with Gasteiger partial charge in [0.1, 0.15) is 0 Å². The van der Waals surface area contributed by atoms with Crippen molar-refractivity contribution >= 4 is 11.9 Å². The first kappa shape index (κ1) is 10.7. The van der Waals surface area contributed by atoms with Crippen LogP contribution in [0.25, 0.3) is 0 Å². The molecule has 16 heavy (non-hydrogen) atoms. The molecule has 1 aromatic heterocycles. The van der Waals surface area contributed by atoms with Crippen molar-refractivity contribution in [2.75, 3.05) is 26.2 Å². The molecule has 0 bridgehead atoms. The van der Waals surface area contributed by atoms with E-state index >= 15 is 0 Å². The van der Waals surface area contributed by atoms with Gasteiger partial charge in [0.15, 0.2) is 5.76 Å². The molecule has 3 amide bonds. The number of rotatable bonds is 1. The Morgan fingerprint density at radius 3 is 2.75 bits per heavy atom. The van der Waals surface area contributed by atoms with Gasteiger partial charge in [-0.05, 0) is 12.1 Å². The summed E-state index contributed by atoms with van der Waals surface area (Å²) in [6, 6.07) is 2.74. The second-order valence-electron chi connectivity index (χ2n) is 3.47. The molecule has 2 heterocycles. The summed E-state index contributed by atoms with van der Waals surface area (Å²) in [5.74, 6) is -0.364. The molecule has 1 saturated heterocycles. The molecule has 2 N–H and O–H groups in total. The second kappa shape index (κ2) is 4.80. The van der Waals surface area contributed by atoms with Crippen molar-refractivity contribution in [1.82, 2.24) is 15.5 Å². The lowest BCUT2D eigenvalue weighted by atomic mass is 10.4. The van der Waals surface area contributed by atoms with E-state index in [1.54, 1.807) is 11.0 Å². The lowest BCUT2D eigenvalue weighted by Crippen LogP contribution is -2.51. The molecule has 1 aliphatic rings. The first-order valence-electron chi connectivity index (χ1n) is 5.12. The number of hydrogen-bond acceptors (Lipinski definition) is 4. The molecule has 6 heteroatoms. The van der Waals surface area contributed by atoms with Gasteiger partial charge in [0.2, 0.25) is 0 Å². The van der Waals surface area contributed by atoms with Crippen LogP contribution in [0.3, 0.4) is 0 Å². The van der Waals surface area contributed by atoms with Crippen LogP contribution in [0.2, 0.25) is 0 Å². The summed E-state index contributed by atoms with van der Waals surface area (Å²) in [4.78, 5) is 24.7. The van der Waals surface area contributed by atoms with Crippen LogP contribution in [0.15, 0.2) is 22.8 Å². The molecule has 6 nitrogen and oxygen atoms in total. The Hall–Kier alpha value is -1.82. The van der Waals surface area contributed by atoms with E-state index in [0.29, 0.717) is 13.1 Å². The number of piperazine rings is 1. The van der Waals surface area contributed by atoms with Crippen molar-refractivity contribution in [2.45, 2.75) is 0 Å². The van der Waals surface area contributed by atoms with Gasteiger partial charge in [0, 0.05) is 26.2 Å². The van der Waals surface area contributed by atoms with Gasteiger partial charge in [0.05, 0.1) is 6.26 Å². The third-order valence-corrected chi connectivity index (χ3v) is 2.37. The van der Waals surface area contributed by atoms with E-state index in [2.05, 4.69) is 10.6 Å². The van der Waals surface area contributed by atoms with Crippen molar-refractivity contribution in [2.24, 2.45) is 0 Å². The van der Waals surface area contributed by atoms with Gasteiger partial charge in [-0.3, -0.25) is 10.1 Å². The summed E-state index contributed by atoms with van der Waals surface area (Å²) in [6.45, 7) is 2.72. The molecule has 0 aliphatic carbocycles. The minimum atomic E-state index is -0.506. The summed E-state index contributed by atoms with van der Waals surface area (Å²) in [6.07, 6.45) is 1.39. The third-order valence-electron chi connectivity index (χ3n) is 2.37. The normalized spacial score (nSPS) is 15.9. The first-order chi connectivity index (χ1) is 7.77. The van der Waals surface area contributed by atoms with Gasteiger partial charge in [0.25, 0.3) is 5.91 Å². The van der Waals surface area contributed by atoms with Crippen molar-refractivity contribution in [3.8, 4) is 0 Å². The molecule has 1 fully saturated rings. The molecular formula is C10H13N3O3. The maximum atomic E-state index is 11.6. The molecule has 86 valence electrons. The zero-order valence-corrected chi connectivity index (χ0v) is 8.73. The number of hydrogen-bond donors (Lipinski definition) is 2. The Kier molecular flexibility index (Phi) is 3.21. The lowest BCUT2D eigenvalue weighted by Gasteiger charge is -2.26. The summed E-state index contributed by atoms with van der Waals surface area (Å²) in [7, 11) is 0. The molecule has 0 unspecified atom stereocenters. The molecule has 0 aromatic carbocycles. The monoisotopic (exact) mass is 223 g/mol. The van der Waals surface area contributed by atoms with Crippen molar-refractivity contribution in [3.63, 3.8) is 0 Å². The van der Waals surface area contributed by atoms with Gasteiger partial charge >= 0.3 is 6.03 Å². The smallest absolute Gasteiger partial charge is 0.324 e. The van der Waals surface area contributed by atoms with E-state index in [9.17, 15) is 9.59 Å². The lowest BCUT2D eigenvalue weighted by molar-refractivity contribution is 0.0922. The van der Waals surface area contributed by atoms with Crippen LogP contribution in [0.4, 0.5) is 4.79 Å². The summed E-state index contributed by atoms with van der Waals surface area (Å²) >= 11 is 0. The highest BCUT2D eigenvalue weighted by Crippen LogP contribution is 2.00. The Labute approximate surface area is 92.6 Å². The topological polar surface area (TPSA) is 74.6 Å². The van der Waals surface area contributed by atoms with E-state index in [-0.39, 0.29) is 11.8 Å². The Morgan fingerprint density at radius 1 is 1.38 bits per heavy atom. The minimum absolute atomic E-state index is 0.142. The predicted octanol–water partition coefficient (Wildman–Crippen LogP) is 0.0346. The first-order valence-corrected chi connectivity index (χ1v) is 5.12. The fraction of sp³-hybridized carbons (Fsp3) is 0.400. The summed E-state index contributed by atoms with van der Waals surface area (Å²) in [5.41, 5.74) is 0. The van der Waals surface area contributed by atoms with Crippen molar-refractivity contribution in [1.29, 1.82) is 0 Å². The maximum Gasteiger partial charge on any atom is 0.324 e. The number of carbonyl (C=O) groups excluding carboxylic acids is 2. The Balaban J connectivity index is 1.89. The minimum Gasteiger partial charge on any atom is -0.459 e. The van der Waals surface area contributed by atoms with Crippen LogP contribution in [-0.4, -0.2) is 43.0 Å². The molecule has 0 saturated carbocycles. The van der Waals surface area contributed by atoms with E-state index < -0.39 is 5.91 Å². The standard InChI is InChI=1S/C10H13N3O3/c14-9(8-2-1-7-16-8)12-10(15)13-5-3-11-4-6-13/h1-2,7,11H,3-6H2,(H,12,14,15). The van der Waals surface area contributed by atoms with Crippen LogP contribution in [0, 0.1) is 0 Å². The molecule has 0 atom stereocenters. The summed E-state index contributed by atoms with van der Waals surface area (Å²) < 4.78 is 4.89. The average molecular weight is 223 g/mol. The highest BCUT2D eigenvalue weighted by Gasteiger charge is 2.19. The van der Waals surface area contributed by atoms with E-state index in [1.165, 1.54) is 12.3 Å². The number of imide groups is 1. The fourth-order valence-corrected chi connectivity index (χ4v) is 1.51. The quantitative estimate of drug-likeness (QED) is 0.704. The Morgan fingerprint density at radius 2 is 2.12 bits per heavy atom. The van der Waals surface area contributed by atoms with E-state index in [0.717, 1.165) is 13.1 Å². The Bertz CT molecular complexity index is 369. The number of furan rings is 1. The zero-order valence-electron chi connectivity index (χ0n) is 8.73. The summed E-state index contributed by atoms with van der Waals surface area (Å²) in [5, 5.41) is 5.40. The second-order valence-corrected chi connectivity index (χ2v) is 3.47. The van der Waals surface area contributed by atoms with Gasteiger partial charge in [-0.1, -0.05) is 0 Å². The zero-order chi connectivity index (χ0) is 11.4. The number of nitrogens with one attached hydrogen (secondary N) is 2. The molecule has 1 aromatic rings. The van der Waals surface area contributed by atoms with Gasteiger partial charge in [-0.25, -0.2) is 4.79 Å². The molecule has 0 spiro atoms. The molecular weight excluding hydrogens is 210 g/mol. The highest BCUT2D eigenvalue weighted by molar-refractivity contribution is 6.02. The van der Waals surface area contributed by atoms with E-state index in [4.69, 9.17) is 4.42 Å². The largest absolute Gasteiger partial charge is 0.459 e. The molecule has 1 aliphatic heterocycles. The maximum absolute atomic E-state index is 11.6. The SMILES string of the molecule is O=C(NC(=O)N1CCNCC1)c1ccco1. The fourth-order valence-electron chi connectivity index (χ4n) is 1.51. The van der Waals surface area contributed by atoms with E-state index in [1.807, 2.05) is 0 Å². The van der Waals surface area contributed by atoms with Crippen LogP contribution >= 0.6 is 0 Å². The number of urea groups is 1. The van der Waals surface area contributed by atoms with Crippen LogP contribution in [0.1, 0.15) is 10.6 Å². The molecule has 0 radical (unpaired) electrons.